The normalized spacial score (nSPS) is 14.9. The molecule has 0 spiro atoms. The maximum atomic E-state index is 12.3. The zero-order chi connectivity index (χ0) is 20.5. The Morgan fingerprint density at radius 1 is 1.25 bits per heavy atom. The number of ether oxygens (including phenoxy) is 1. The lowest BCUT2D eigenvalue weighted by molar-refractivity contribution is 0.0240. The fraction of sp³-hybridized carbons (Fsp3) is 0.556. The molecule has 9 nitrogen and oxygen atoms in total. The molecule has 0 unspecified atom stereocenters. The van der Waals surface area contributed by atoms with Crippen molar-refractivity contribution in [2.45, 2.75) is 33.3 Å². The molecular weight excluding hydrogens is 382 g/mol. The third-order valence-electron chi connectivity index (χ3n) is 4.37. The molecule has 0 atom stereocenters. The van der Waals surface area contributed by atoms with Crippen molar-refractivity contribution in [1.82, 2.24) is 24.6 Å². The largest absolute Gasteiger partial charge is 0.444 e. The number of carbonyl (C=O) groups excluding carboxylic acids is 1. The van der Waals surface area contributed by atoms with Gasteiger partial charge in [-0.2, -0.15) is 10.1 Å². The second kappa shape index (κ2) is 7.83. The molecule has 10 heteroatoms. The van der Waals surface area contributed by atoms with Crippen LogP contribution in [0.1, 0.15) is 26.5 Å². The molecule has 3 heterocycles. The summed E-state index contributed by atoms with van der Waals surface area (Å²) in [5.41, 5.74) is 1.34. The zero-order valence-electron chi connectivity index (χ0n) is 16.9. The quantitative estimate of drug-likeness (QED) is 0.782. The van der Waals surface area contributed by atoms with Gasteiger partial charge in [0.25, 0.3) is 0 Å². The zero-order valence-corrected chi connectivity index (χ0v) is 17.6. The Morgan fingerprint density at radius 3 is 2.50 bits per heavy atom. The molecule has 2 aromatic rings. The van der Waals surface area contributed by atoms with Crippen LogP contribution >= 0.6 is 11.6 Å². The van der Waals surface area contributed by atoms with Crippen molar-refractivity contribution >= 4 is 35.0 Å². The van der Waals surface area contributed by atoms with E-state index in [2.05, 4.69) is 25.3 Å². The first-order valence-electron chi connectivity index (χ1n) is 9.15. The van der Waals surface area contributed by atoms with E-state index in [1.54, 1.807) is 15.8 Å². The molecule has 28 heavy (non-hydrogen) atoms. The lowest BCUT2D eigenvalue weighted by Gasteiger charge is -2.37. The molecule has 3 rings (SSSR count). The fourth-order valence-corrected chi connectivity index (χ4v) is 3.01. The third-order valence-corrected chi connectivity index (χ3v) is 4.55. The summed E-state index contributed by atoms with van der Waals surface area (Å²) in [5.74, 6) is 1.27. The van der Waals surface area contributed by atoms with Gasteiger partial charge in [0.2, 0.25) is 5.28 Å². The highest BCUT2D eigenvalue weighted by Crippen LogP contribution is 2.28. The summed E-state index contributed by atoms with van der Waals surface area (Å²) in [6.45, 7) is 9.96. The van der Waals surface area contributed by atoms with Gasteiger partial charge >= 0.3 is 6.09 Å². The van der Waals surface area contributed by atoms with Crippen LogP contribution in [0.15, 0.2) is 12.3 Å². The minimum atomic E-state index is -0.504. The van der Waals surface area contributed by atoms with Crippen molar-refractivity contribution in [2.75, 3.05) is 36.4 Å². The standard InChI is InChI=1S/C18H26ClN7O2/c1-12-10-14(23-24(12)5)21-15-13(11-20-16(19)22-15)25-6-8-26(9-7-25)17(27)28-18(2,3)4/h10-11H,6-9H2,1-5H3,(H,20,21,22,23). The average molecular weight is 408 g/mol. The van der Waals surface area contributed by atoms with Gasteiger partial charge in [-0.1, -0.05) is 0 Å². The van der Waals surface area contributed by atoms with Gasteiger partial charge in [0.15, 0.2) is 11.6 Å². The first-order chi connectivity index (χ1) is 13.1. The van der Waals surface area contributed by atoms with E-state index in [0.29, 0.717) is 37.8 Å². The van der Waals surface area contributed by atoms with E-state index < -0.39 is 5.60 Å². The average Bonchev–Trinajstić information content (AvgIpc) is 2.91. The van der Waals surface area contributed by atoms with Crippen LogP contribution in [0.5, 0.6) is 0 Å². The number of aromatic nitrogens is 4. The topological polar surface area (TPSA) is 88.4 Å². The lowest BCUT2D eigenvalue weighted by Crippen LogP contribution is -2.50. The second-order valence-corrected chi connectivity index (χ2v) is 8.08. The Bertz CT molecular complexity index is 835. The smallest absolute Gasteiger partial charge is 0.410 e. The molecule has 1 saturated heterocycles. The van der Waals surface area contributed by atoms with Crippen LogP contribution < -0.4 is 10.2 Å². The summed E-state index contributed by atoms with van der Waals surface area (Å²) in [6.07, 6.45) is 1.40. The third kappa shape index (κ3) is 4.83. The Kier molecular flexibility index (Phi) is 5.64. The molecule has 0 saturated carbocycles. The molecule has 1 aliphatic heterocycles. The molecule has 0 radical (unpaired) electrons. The van der Waals surface area contributed by atoms with Crippen LogP contribution in [0.3, 0.4) is 0 Å². The van der Waals surface area contributed by atoms with Gasteiger partial charge in [-0.15, -0.1) is 0 Å². The molecule has 0 aliphatic carbocycles. The Hall–Kier alpha value is -2.55. The van der Waals surface area contributed by atoms with Gasteiger partial charge in [-0.3, -0.25) is 4.68 Å². The highest BCUT2D eigenvalue weighted by molar-refractivity contribution is 6.28. The summed E-state index contributed by atoms with van der Waals surface area (Å²) in [6, 6.07) is 1.93. The summed E-state index contributed by atoms with van der Waals surface area (Å²) in [4.78, 5) is 24.6. The van der Waals surface area contributed by atoms with Crippen molar-refractivity contribution in [2.24, 2.45) is 7.05 Å². The minimum Gasteiger partial charge on any atom is -0.444 e. The monoisotopic (exact) mass is 407 g/mol. The van der Waals surface area contributed by atoms with E-state index in [1.807, 2.05) is 40.8 Å². The van der Waals surface area contributed by atoms with Crippen molar-refractivity contribution < 1.29 is 9.53 Å². The molecule has 0 bridgehead atoms. The Morgan fingerprint density at radius 2 is 1.93 bits per heavy atom. The van der Waals surface area contributed by atoms with Gasteiger partial charge < -0.3 is 19.9 Å². The number of halogens is 1. The van der Waals surface area contributed by atoms with Crippen LogP contribution in [0.25, 0.3) is 0 Å². The van der Waals surface area contributed by atoms with E-state index in [1.165, 1.54) is 0 Å². The van der Waals surface area contributed by atoms with Gasteiger partial charge in [-0.25, -0.2) is 9.78 Å². The minimum absolute atomic E-state index is 0.159. The van der Waals surface area contributed by atoms with Crippen molar-refractivity contribution in [3.63, 3.8) is 0 Å². The predicted molar refractivity (Wildman–Crippen MR) is 108 cm³/mol. The SMILES string of the molecule is Cc1cc(Nc2nc(Cl)ncc2N2CCN(C(=O)OC(C)(C)C)CC2)nn1C. The number of carbonyl (C=O) groups is 1. The van der Waals surface area contributed by atoms with Crippen LogP contribution in [-0.4, -0.2) is 62.5 Å². The first-order valence-corrected chi connectivity index (χ1v) is 9.53. The number of hydrogen-bond acceptors (Lipinski definition) is 7. The number of nitrogens with zero attached hydrogens (tertiary/aromatic N) is 6. The number of aryl methyl sites for hydroxylation is 2. The van der Waals surface area contributed by atoms with Crippen LogP contribution in [-0.2, 0) is 11.8 Å². The number of piperazine rings is 1. The predicted octanol–water partition coefficient (Wildman–Crippen LogP) is 2.97. The summed E-state index contributed by atoms with van der Waals surface area (Å²) < 4.78 is 7.24. The second-order valence-electron chi connectivity index (χ2n) is 7.75. The molecule has 2 aromatic heterocycles. The highest BCUT2D eigenvalue weighted by atomic mass is 35.5. The van der Waals surface area contributed by atoms with E-state index in [9.17, 15) is 4.79 Å². The summed E-state index contributed by atoms with van der Waals surface area (Å²) in [7, 11) is 1.88. The maximum absolute atomic E-state index is 12.3. The molecule has 152 valence electrons. The number of hydrogen-bond donors (Lipinski definition) is 1. The molecule has 1 aliphatic rings. The Labute approximate surface area is 169 Å². The van der Waals surface area contributed by atoms with E-state index >= 15 is 0 Å². The first kappa shape index (κ1) is 20.2. The lowest BCUT2D eigenvalue weighted by atomic mass is 10.2. The van der Waals surface area contributed by atoms with E-state index in [4.69, 9.17) is 16.3 Å². The van der Waals surface area contributed by atoms with Crippen LogP contribution in [0, 0.1) is 6.92 Å². The number of amides is 1. The van der Waals surface area contributed by atoms with Crippen LogP contribution in [0.4, 0.5) is 22.1 Å². The molecule has 0 aromatic carbocycles. The fourth-order valence-electron chi connectivity index (χ4n) is 2.88. The molecular formula is C18H26ClN7O2. The van der Waals surface area contributed by atoms with E-state index in [-0.39, 0.29) is 11.4 Å². The molecule has 1 fully saturated rings. The van der Waals surface area contributed by atoms with Gasteiger partial charge in [0.1, 0.15) is 5.60 Å². The number of rotatable bonds is 3. The van der Waals surface area contributed by atoms with Gasteiger partial charge in [0, 0.05) is 45.0 Å². The maximum Gasteiger partial charge on any atom is 0.410 e. The van der Waals surface area contributed by atoms with Crippen molar-refractivity contribution in [1.29, 1.82) is 0 Å². The number of nitrogens with one attached hydrogen (secondary N) is 1. The highest BCUT2D eigenvalue weighted by Gasteiger charge is 2.27. The Balaban J connectivity index is 1.71. The number of anilines is 3. The van der Waals surface area contributed by atoms with Crippen molar-refractivity contribution in [3.05, 3.63) is 23.2 Å². The van der Waals surface area contributed by atoms with Gasteiger partial charge in [-0.05, 0) is 39.3 Å². The van der Waals surface area contributed by atoms with Crippen molar-refractivity contribution in [3.8, 4) is 0 Å². The molecule has 1 amide bonds. The van der Waals surface area contributed by atoms with E-state index in [0.717, 1.165) is 11.4 Å². The van der Waals surface area contributed by atoms with Crippen LogP contribution in [0.2, 0.25) is 5.28 Å². The molecule has 1 N–H and O–H groups in total. The summed E-state index contributed by atoms with van der Waals surface area (Å²) >= 11 is 6.01. The summed E-state index contributed by atoms with van der Waals surface area (Å²) in [5, 5.41) is 7.79. The van der Waals surface area contributed by atoms with Gasteiger partial charge in [0.05, 0.1) is 11.9 Å².